The summed E-state index contributed by atoms with van der Waals surface area (Å²) in [6, 6.07) is 7.73. The minimum absolute atomic E-state index is 0.0264. The maximum Gasteiger partial charge on any atom is 0.0480 e. The third kappa shape index (κ3) is 1.37. The molecule has 0 saturated carbocycles. The van der Waals surface area contributed by atoms with E-state index in [0.29, 0.717) is 0 Å². The number of carboxylic acids is 1. The number of aliphatic carboxylic acids is 1. The quantitative estimate of drug-likeness (QED) is 0.687. The molecule has 1 aromatic heterocycles. The Morgan fingerprint density at radius 1 is 1.43 bits per heavy atom. The fourth-order valence-corrected chi connectivity index (χ4v) is 1.72. The number of carbonyl (C=O) groups is 1. The molecule has 14 heavy (non-hydrogen) atoms. The third-order valence-electron chi connectivity index (χ3n) is 2.31. The van der Waals surface area contributed by atoms with Crippen LogP contribution in [0.15, 0.2) is 30.5 Å². The minimum atomic E-state index is -1.04. The van der Waals surface area contributed by atoms with Crippen molar-refractivity contribution in [3.8, 4) is 0 Å². The molecule has 0 spiro atoms. The summed E-state index contributed by atoms with van der Waals surface area (Å²) < 4.78 is 1.92. The summed E-state index contributed by atoms with van der Waals surface area (Å²) in [6.07, 6.45) is 1.81. The second-order valence-corrected chi connectivity index (χ2v) is 3.33. The van der Waals surface area contributed by atoms with Gasteiger partial charge in [0.15, 0.2) is 0 Å². The first-order valence-electron chi connectivity index (χ1n) is 4.41. The third-order valence-corrected chi connectivity index (χ3v) is 2.31. The normalized spacial score (nSPS) is 10.6. The van der Waals surface area contributed by atoms with E-state index < -0.39 is 5.97 Å². The molecule has 2 aromatic rings. The first-order valence-corrected chi connectivity index (χ1v) is 4.41. The Bertz CT molecular complexity index is 485. The van der Waals surface area contributed by atoms with E-state index in [9.17, 15) is 9.90 Å². The molecule has 72 valence electrons. The second-order valence-electron chi connectivity index (χ2n) is 3.33. The number of nitrogens with zero attached hydrogens (tertiary/aromatic N) is 1. The molecule has 0 aliphatic heterocycles. The average Bonchev–Trinajstić information content (AvgIpc) is 2.44. The highest BCUT2D eigenvalue weighted by Crippen LogP contribution is 2.20. The fourth-order valence-electron chi connectivity index (χ4n) is 1.72. The van der Waals surface area contributed by atoms with Crippen LogP contribution in [0.3, 0.4) is 0 Å². The molecule has 0 radical (unpaired) electrons. The van der Waals surface area contributed by atoms with Crippen LogP contribution in [0.5, 0.6) is 0 Å². The van der Waals surface area contributed by atoms with Crippen LogP contribution < -0.4 is 5.11 Å². The van der Waals surface area contributed by atoms with Crippen molar-refractivity contribution in [2.45, 2.75) is 6.42 Å². The number of carboxylic acid groups (broad SMARTS) is 1. The first-order chi connectivity index (χ1) is 6.68. The molecule has 0 aliphatic rings. The van der Waals surface area contributed by atoms with Gasteiger partial charge in [0.2, 0.25) is 0 Å². The van der Waals surface area contributed by atoms with Crippen LogP contribution in [0.25, 0.3) is 10.9 Å². The van der Waals surface area contributed by atoms with E-state index in [-0.39, 0.29) is 6.42 Å². The van der Waals surface area contributed by atoms with E-state index in [1.54, 1.807) is 0 Å². The molecule has 0 fully saturated rings. The SMILES string of the molecule is Cn1cc(CC(=O)[O-])c2ccccc21. The molecule has 1 heterocycles. The van der Waals surface area contributed by atoms with Crippen LogP contribution in [-0.2, 0) is 18.3 Å². The average molecular weight is 188 g/mol. The Kier molecular flexibility index (Phi) is 2.00. The molecule has 3 heteroatoms. The first kappa shape index (κ1) is 8.81. The molecule has 0 amide bonds. The van der Waals surface area contributed by atoms with Crippen molar-refractivity contribution < 1.29 is 9.90 Å². The summed E-state index contributed by atoms with van der Waals surface area (Å²) in [5.41, 5.74) is 1.85. The molecule has 2 rings (SSSR count). The molecule has 0 unspecified atom stereocenters. The number of aryl methyl sites for hydroxylation is 1. The summed E-state index contributed by atoms with van der Waals surface area (Å²) >= 11 is 0. The Balaban J connectivity index is 2.60. The van der Waals surface area contributed by atoms with Crippen molar-refractivity contribution in [3.05, 3.63) is 36.0 Å². The molecule has 0 atom stereocenters. The van der Waals surface area contributed by atoms with Crippen molar-refractivity contribution in [1.82, 2.24) is 4.57 Å². The highest BCUT2D eigenvalue weighted by molar-refractivity contribution is 5.87. The van der Waals surface area contributed by atoms with Crippen LogP contribution in [0.4, 0.5) is 0 Å². The molecule has 3 nitrogen and oxygen atoms in total. The number of para-hydroxylation sites is 1. The Morgan fingerprint density at radius 3 is 2.86 bits per heavy atom. The number of rotatable bonds is 2. The lowest BCUT2D eigenvalue weighted by molar-refractivity contribution is -0.304. The molecule has 0 saturated heterocycles. The molecular weight excluding hydrogens is 178 g/mol. The number of aromatic nitrogens is 1. The van der Waals surface area contributed by atoms with Gasteiger partial charge in [-0.3, -0.25) is 0 Å². The van der Waals surface area contributed by atoms with Gasteiger partial charge >= 0.3 is 0 Å². The van der Waals surface area contributed by atoms with E-state index in [1.165, 1.54) is 0 Å². The van der Waals surface area contributed by atoms with Gasteiger partial charge in [0.25, 0.3) is 0 Å². The van der Waals surface area contributed by atoms with Crippen LogP contribution in [0.2, 0.25) is 0 Å². The van der Waals surface area contributed by atoms with Gasteiger partial charge in [-0.15, -0.1) is 0 Å². The molecule has 1 aromatic carbocycles. The number of benzene rings is 1. The lowest BCUT2D eigenvalue weighted by atomic mass is 10.1. The van der Waals surface area contributed by atoms with Gasteiger partial charge in [-0.25, -0.2) is 0 Å². The summed E-state index contributed by atoms with van der Waals surface area (Å²) in [5, 5.41) is 11.5. The Labute approximate surface area is 81.6 Å². The number of hydrogen-bond donors (Lipinski definition) is 0. The van der Waals surface area contributed by atoms with Crippen molar-refractivity contribution in [3.63, 3.8) is 0 Å². The number of fused-ring (bicyclic) bond motifs is 1. The summed E-state index contributed by atoms with van der Waals surface area (Å²) in [6.45, 7) is 0. The van der Waals surface area contributed by atoms with Gasteiger partial charge < -0.3 is 14.5 Å². The van der Waals surface area contributed by atoms with E-state index in [1.807, 2.05) is 42.1 Å². The second kappa shape index (κ2) is 3.18. The molecular formula is C11H10NO2-. The van der Waals surface area contributed by atoms with E-state index in [4.69, 9.17) is 0 Å². The Hall–Kier alpha value is -1.77. The molecule has 0 bridgehead atoms. The van der Waals surface area contributed by atoms with Crippen LogP contribution in [-0.4, -0.2) is 10.5 Å². The van der Waals surface area contributed by atoms with Crippen molar-refractivity contribution in [2.24, 2.45) is 7.05 Å². The predicted molar refractivity (Wildman–Crippen MR) is 51.6 cm³/mol. The zero-order valence-electron chi connectivity index (χ0n) is 7.86. The van der Waals surface area contributed by atoms with Gasteiger partial charge in [-0.2, -0.15) is 0 Å². The fraction of sp³-hybridized carbons (Fsp3) is 0.182. The predicted octanol–water partition coefficient (Wildman–Crippen LogP) is 0.471. The van der Waals surface area contributed by atoms with Gasteiger partial charge in [0.05, 0.1) is 0 Å². The number of hydrogen-bond acceptors (Lipinski definition) is 2. The van der Waals surface area contributed by atoms with Crippen LogP contribution in [0, 0.1) is 0 Å². The topological polar surface area (TPSA) is 45.1 Å². The lowest BCUT2D eigenvalue weighted by Crippen LogP contribution is -2.24. The van der Waals surface area contributed by atoms with Crippen LogP contribution in [0.1, 0.15) is 5.56 Å². The Morgan fingerprint density at radius 2 is 2.14 bits per heavy atom. The van der Waals surface area contributed by atoms with Crippen molar-refractivity contribution >= 4 is 16.9 Å². The smallest absolute Gasteiger partial charge is 0.0480 e. The zero-order chi connectivity index (χ0) is 10.1. The number of carbonyl (C=O) groups excluding carboxylic acids is 1. The van der Waals surface area contributed by atoms with E-state index >= 15 is 0 Å². The van der Waals surface area contributed by atoms with Gasteiger partial charge in [0, 0.05) is 36.5 Å². The van der Waals surface area contributed by atoms with E-state index in [2.05, 4.69) is 0 Å². The highest BCUT2D eigenvalue weighted by atomic mass is 16.4. The summed E-state index contributed by atoms with van der Waals surface area (Å²) in [4.78, 5) is 10.5. The standard InChI is InChI=1S/C11H11NO2/c1-12-7-8(6-11(13)14)9-4-2-3-5-10(9)12/h2-5,7H,6H2,1H3,(H,13,14)/p-1. The highest BCUT2D eigenvalue weighted by Gasteiger charge is 2.04. The van der Waals surface area contributed by atoms with E-state index in [0.717, 1.165) is 16.5 Å². The lowest BCUT2D eigenvalue weighted by Gasteiger charge is -1.99. The summed E-state index contributed by atoms with van der Waals surface area (Å²) in [5.74, 6) is -1.04. The van der Waals surface area contributed by atoms with Gasteiger partial charge in [-0.1, -0.05) is 18.2 Å². The maximum atomic E-state index is 10.5. The minimum Gasteiger partial charge on any atom is -0.550 e. The van der Waals surface area contributed by atoms with Crippen LogP contribution >= 0.6 is 0 Å². The van der Waals surface area contributed by atoms with Crippen molar-refractivity contribution in [2.75, 3.05) is 0 Å². The zero-order valence-corrected chi connectivity index (χ0v) is 7.86. The largest absolute Gasteiger partial charge is 0.550 e. The van der Waals surface area contributed by atoms with Gasteiger partial charge in [-0.05, 0) is 11.6 Å². The van der Waals surface area contributed by atoms with Crippen molar-refractivity contribution in [1.29, 1.82) is 0 Å². The monoisotopic (exact) mass is 188 g/mol. The molecule has 0 aliphatic carbocycles. The summed E-state index contributed by atoms with van der Waals surface area (Å²) in [7, 11) is 1.90. The van der Waals surface area contributed by atoms with Gasteiger partial charge in [0.1, 0.15) is 0 Å². The molecule has 0 N–H and O–H groups in total. The maximum absolute atomic E-state index is 10.5.